The van der Waals surface area contributed by atoms with Crippen molar-refractivity contribution < 1.29 is 27.3 Å². The van der Waals surface area contributed by atoms with E-state index in [0.29, 0.717) is 29.1 Å². The molecule has 1 aliphatic heterocycles. The van der Waals surface area contributed by atoms with Gasteiger partial charge in [-0.15, -0.1) is 11.3 Å². The van der Waals surface area contributed by atoms with Crippen molar-refractivity contribution in [2.45, 2.75) is 25.9 Å². The number of halogens is 3. The lowest BCUT2D eigenvalue weighted by atomic mass is 10.1. The van der Waals surface area contributed by atoms with Crippen molar-refractivity contribution in [3.8, 4) is 10.6 Å². The average Bonchev–Trinajstić information content (AvgIpc) is 3.12. The predicted octanol–water partition coefficient (Wildman–Crippen LogP) is 3.51. The molecule has 0 radical (unpaired) electrons. The second-order valence-corrected chi connectivity index (χ2v) is 6.63. The maximum absolute atomic E-state index is 12.8. The van der Waals surface area contributed by atoms with Gasteiger partial charge in [0.25, 0.3) is 5.91 Å². The fraction of sp³-hybridized carbons (Fsp3) is 0.400. The van der Waals surface area contributed by atoms with Crippen LogP contribution in [0.4, 0.5) is 13.2 Å². The number of hydrogen-bond donors (Lipinski definition) is 0. The van der Waals surface area contributed by atoms with E-state index in [0.717, 1.165) is 11.3 Å². The number of likely N-dealkylation sites (tertiary alicyclic amines) is 1. The van der Waals surface area contributed by atoms with Crippen LogP contribution in [-0.2, 0) is 6.18 Å². The lowest BCUT2D eigenvalue weighted by molar-refractivity contribution is -0.156. The molecule has 1 amide bonds. The molecule has 2 aromatic heterocycles. The zero-order valence-electron chi connectivity index (χ0n) is 12.7. The Balaban J connectivity index is 1.85. The largest absolute Gasteiger partial charge is 0.452 e. The van der Waals surface area contributed by atoms with Gasteiger partial charge in [-0.1, -0.05) is 5.16 Å². The smallest absolute Gasteiger partial charge is 0.351 e. The summed E-state index contributed by atoms with van der Waals surface area (Å²) in [6.07, 6.45) is -3.34. The molecule has 9 heteroatoms. The van der Waals surface area contributed by atoms with Gasteiger partial charge in [-0.2, -0.15) is 13.2 Å². The monoisotopic (exact) mass is 359 g/mol. The van der Waals surface area contributed by atoms with Gasteiger partial charge >= 0.3 is 12.0 Å². The normalized spacial score (nSPS) is 15.8. The molecule has 2 aromatic rings. The van der Waals surface area contributed by atoms with Gasteiger partial charge < -0.3 is 9.42 Å². The summed E-state index contributed by atoms with van der Waals surface area (Å²) in [5, 5.41) is 3.50. The molecule has 3 heterocycles. The van der Waals surface area contributed by atoms with E-state index < -0.39 is 11.9 Å². The first-order valence-corrected chi connectivity index (χ1v) is 8.05. The van der Waals surface area contributed by atoms with Crippen molar-refractivity contribution in [2.24, 2.45) is 0 Å². The highest BCUT2D eigenvalue weighted by Gasteiger charge is 2.39. The van der Waals surface area contributed by atoms with Crippen LogP contribution in [0.2, 0.25) is 0 Å². The molecule has 128 valence electrons. The lowest BCUT2D eigenvalue weighted by Crippen LogP contribution is -2.39. The second kappa shape index (κ2) is 6.04. The SMILES string of the molecule is Cc1c(-c2ccc(C(=O)N3CCCC(=[OH+])C3)s2)noc1C(F)(F)F. The van der Waals surface area contributed by atoms with Crippen molar-refractivity contribution in [3.63, 3.8) is 0 Å². The predicted molar refractivity (Wildman–Crippen MR) is 81.6 cm³/mol. The maximum Gasteiger partial charge on any atom is 0.452 e. The summed E-state index contributed by atoms with van der Waals surface area (Å²) in [5.74, 6) is -1.13. The minimum absolute atomic E-state index is 0.0828. The summed E-state index contributed by atoms with van der Waals surface area (Å²) in [6.45, 7) is 2.01. The zero-order valence-corrected chi connectivity index (χ0v) is 13.5. The third kappa shape index (κ3) is 3.08. The molecule has 0 aromatic carbocycles. The number of carbonyl (C=O) groups is 1. The fourth-order valence-corrected chi connectivity index (χ4v) is 3.60. The Hall–Kier alpha value is -2.16. The number of aromatic nitrogens is 1. The molecule has 1 N–H and O–H groups in total. The van der Waals surface area contributed by atoms with E-state index in [-0.39, 0.29) is 29.5 Å². The zero-order chi connectivity index (χ0) is 17.5. The van der Waals surface area contributed by atoms with Gasteiger partial charge in [0.1, 0.15) is 12.2 Å². The van der Waals surface area contributed by atoms with Crippen molar-refractivity contribution in [1.29, 1.82) is 0 Å². The third-order valence-electron chi connectivity index (χ3n) is 3.79. The minimum Gasteiger partial charge on any atom is -0.351 e. The standard InChI is InChI=1S/C15H13F3N2O3S/c1-8-12(19-23-13(8)15(16,17)18)10-4-5-11(24-10)14(22)20-6-2-3-9(21)7-20/h4-5H,2-3,6-7H2,1H3/p+1. The van der Waals surface area contributed by atoms with Crippen LogP contribution >= 0.6 is 11.3 Å². The van der Waals surface area contributed by atoms with Gasteiger partial charge in [0, 0.05) is 12.1 Å². The lowest BCUT2D eigenvalue weighted by Gasteiger charge is -2.22. The van der Waals surface area contributed by atoms with Gasteiger partial charge in [-0.3, -0.25) is 9.59 Å². The number of piperidine rings is 1. The van der Waals surface area contributed by atoms with Crippen LogP contribution in [0.15, 0.2) is 16.7 Å². The van der Waals surface area contributed by atoms with E-state index in [2.05, 4.69) is 9.68 Å². The highest BCUT2D eigenvalue weighted by atomic mass is 32.1. The number of ketones is 1. The highest BCUT2D eigenvalue weighted by molar-refractivity contribution is 7.17. The number of thiophene rings is 1. The summed E-state index contributed by atoms with van der Waals surface area (Å²) < 4.78 is 42.7. The summed E-state index contributed by atoms with van der Waals surface area (Å²) in [5.41, 5.74) is -0.0215. The summed E-state index contributed by atoms with van der Waals surface area (Å²) in [7, 11) is 0. The fourth-order valence-electron chi connectivity index (χ4n) is 2.59. The van der Waals surface area contributed by atoms with Crippen LogP contribution in [0, 0.1) is 6.92 Å². The molecule has 0 aliphatic carbocycles. The Kier molecular flexibility index (Phi) is 4.20. The van der Waals surface area contributed by atoms with Crippen LogP contribution in [0.1, 0.15) is 33.8 Å². The first-order valence-electron chi connectivity index (χ1n) is 7.24. The first-order chi connectivity index (χ1) is 11.3. The molecule has 1 fully saturated rings. The van der Waals surface area contributed by atoms with Gasteiger partial charge in [-0.25, -0.2) is 0 Å². The van der Waals surface area contributed by atoms with E-state index in [1.54, 1.807) is 12.1 Å². The number of hydrogen-bond acceptors (Lipinski definition) is 4. The summed E-state index contributed by atoms with van der Waals surface area (Å²) >= 11 is 1.06. The van der Waals surface area contributed by atoms with Gasteiger partial charge in [-0.05, 0) is 25.5 Å². The third-order valence-corrected chi connectivity index (χ3v) is 4.87. The maximum atomic E-state index is 12.8. The minimum atomic E-state index is -4.60. The molecule has 3 rings (SSSR count). The van der Waals surface area contributed by atoms with E-state index in [4.69, 9.17) is 0 Å². The molecule has 0 bridgehead atoms. The van der Waals surface area contributed by atoms with Gasteiger partial charge in [0.05, 0.1) is 16.2 Å². The second-order valence-electron chi connectivity index (χ2n) is 5.54. The Morgan fingerprint density at radius 1 is 1.42 bits per heavy atom. The summed E-state index contributed by atoms with van der Waals surface area (Å²) in [6, 6.07) is 3.10. The molecule has 24 heavy (non-hydrogen) atoms. The van der Waals surface area contributed by atoms with Crippen molar-refractivity contribution in [3.05, 3.63) is 28.3 Å². The van der Waals surface area contributed by atoms with Gasteiger partial charge in [0.2, 0.25) is 5.76 Å². The van der Waals surface area contributed by atoms with Crippen LogP contribution in [0.3, 0.4) is 0 Å². The Bertz CT molecular complexity index is 794. The van der Waals surface area contributed by atoms with Crippen LogP contribution < -0.4 is 0 Å². The van der Waals surface area contributed by atoms with E-state index in [9.17, 15) is 22.8 Å². The van der Waals surface area contributed by atoms with E-state index in [1.807, 2.05) is 0 Å². The molecule has 0 spiro atoms. The molecule has 0 atom stereocenters. The molecule has 0 unspecified atom stereocenters. The molecule has 1 saturated heterocycles. The quantitative estimate of drug-likeness (QED) is 0.771. The van der Waals surface area contributed by atoms with Crippen molar-refractivity contribution >= 4 is 23.0 Å². The number of amides is 1. The Morgan fingerprint density at radius 3 is 2.79 bits per heavy atom. The van der Waals surface area contributed by atoms with Crippen LogP contribution in [-0.4, -0.2) is 39.6 Å². The number of carbonyl (C=O) groups excluding carboxylic acids is 2. The van der Waals surface area contributed by atoms with E-state index >= 15 is 0 Å². The molecule has 1 aliphatic rings. The molecule has 5 nitrogen and oxygen atoms in total. The Morgan fingerprint density at radius 2 is 2.17 bits per heavy atom. The summed E-state index contributed by atoms with van der Waals surface area (Å²) in [4.78, 5) is 24.3. The topological polar surface area (TPSA) is 67.7 Å². The van der Waals surface area contributed by atoms with E-state index in [1.165, 1.54) is 11.8 Å². The molecular weight excluding hydrogens is 345 g/mol. The number of alkyl halides is 3. The number of rotatable bonds is 2. The molecule has 0 saturated carbocycles. The Labute approximate surface area is 139 Å². The van der Waals surface area contributed by atoms with Crippen molar-refractivity contribution in [1.82, 2.24) is 10.1 Å². The van der Waals surface area contributed by atoms with Crippen LogP contribution in [0.25, 0.3) is 10.6 Å². The number of nitrogens with zero attached hydrogens (tertiary/aromatic N) is 2. The van der Waals surface area contributed by atoms with Gasteiger partial charge in [0.15, 0.2) is 0 Å². The first kappa shape index (κ1) is 16.7. The highest BCUT2D eigenvalue weighted by Crippen LogP contribution is 2.38. The molecular formula is C15H14F3N2O3S+. The average molecular weight is 359 g/mol. The van der Waals surface area contributed by atoms with Crippen molar-refractivity contribution in [2.75, 3.05) is 13.1 Å². The van der Waals surface area contributed by atoms with Crippen LogP contribution in [0.5, 0.6) is 0 Å².